The standard InChI is InChI=1S/C10H11NS/c1-7(2)8-3-9-5-12-6-10(9)11-4-8/h3-7H,1-2H3. The maximum absolute atomic E-state index is 4.37. The summed E-state index contributed by atoms with van der Waals surface area (Å²) in [5.41, 5.74) is 2.44. The fourth-order valence-electron chi connectivity index (χ4n) is 1.19. The molecule has 0 spiro atoms. The van der Waals surface area contributed by atoms with Gasteiger partial charge in [0.15, 0.2) is 0 Å². The van der Waals surface area contributed by atoms with Crippen LogP contribution in [0.5, 0.6) is 0 Å². The molecule has 0 radical (unpaired) electrons. The Morgan fingerprint density at radius 3 is 2.92 bits per heavy atom. The average molecular weight is 177 g/mol. The van der Waals surface area contributed by atoms with Crippen LogP contribution in [0.2, 0.25) is 0 Å². The number of pyridine rings is 1. The van der Waals surface area contributed by atoms with E-state index in [0.717, 1.165) is 5.52 Å². The summed E-state index contributed by atoms with van der Waals surface area (Å²) in [4.78, 5) is 4.37. The summed E-state index contributed by atoms with van der Waals surface area (Å²) in [6.45, 7) is 4.38. The van der Waals surface area contributed by atoms with Crippen molar-refractivity contribution in [3.63, 3.8) is 0 Å². The molecule has 0 fully saturated rings. The Morgan fingerprint density at radius 1 is 1.33 bits per heavy atom. The first-order chi connectivity index (χ1) is 5.77. The van der Waals surface area contributed by atoms with Crippen molar-refractivity contribution in [2.75, 3.05) is 0 Å². The number of aromatic nitrogens is 1. The predicted octanol–water partition coefficient (Wildman–Crippen LogP) is 3.42. The van der Waals surface area contributed by atoms with Crippen LogP contribution in [-0.2, 0) is 0 Å². The highest BCUT2D eigenvalue weighted by Crippen LogP contribution is 2.21. The van der Waals surface area contributed by atoms with Crippen molar-refractivity contribution in [2.24, 2.45) is 0 Å². The topological polar surface area (TPSA) is 12.9 Å². The molecule has 2 rings (SSSR count). The second kappa shape index (κ2) is 2.87. The van der Waals surface area contributed by atoms with Crippen molar-refractivity contribution in [1.29, 1.82) is 0 Å². The Balaban J connectivity index is 2.60. The van der Waals surface area contributed by atoms with Crippen molar-refractivity contribution >= 4 is 22.2 Å². The van der Waals surface area contributed by atoms with Crippen LogP contribution in [0.15, 0.2) is 23.0 Å². The summed E-state index contributed by atoms with van der Waals surface area (Å²) < 4.78 is 0. The van der Waals surface area contributed by atoms with Gasteiger partial charge in [-0.3, -0.25) is 4.98 Å². The molecule has 0 aliphatic carbocycles. The molecular formula is C10H11NS. The van der Waals surface area contributed by atoms with E-state index in [2.05, 4.69) is 35.7 Å². The van der Waals surface area contributed by atoms with Gasteiger partial charge >= 0.3 is 0 Å². The van der Waals surface area contributed by atoms with Crippen molar-refractivity contribution in [3.05, 3.63) is 28.6 Å². The normalized spacial score (nSPS) is 11.2. The number of fused-ring (bicyclic) bond motifs is 1. The quantitative estimate of drug-likeness (QED) is 0.650. The zero-order valence-corrected chi connectivity index (χ0v) is 8.06. The highest BCUT2D eigenvalue weighted by molar-refractivity contribution is 7.09. The fraction of sp³-hybridized carbons (Fsp3) is 0.300. The summed E-state index contributed by atoms with van der Waals surface area (Å²) in [5.74, 6) is 0.571. The van der Waals surface area contributed by atoms with Crippen molar-refractivity contribution in [2.45, 2.75) is 19.8 Å². The lowest BCUT2D eigenvalue weighted by atomic mass is 10.1. The van der Waals surface area contributed by atoms with Crippen LogP contribution in [-0.4, -0.2) is 4.98 Å². The van der Waals surface area contributed by atoms with Gasteiger partial charge in [0.1, 0.15) is 0 Å². The van der Waals surface area contributed by atoms with Crippen LogP contribution in [0.3, 0.4) is 0 Å². The molecule has 0 saturated heterocycles. The predicted molar refractivity (Wildman–Crippen MR) is 53.7 cm³/mol. The maximum atomic E-state index is 4.37. The molecule has 2 heterocycles. The van der Waals surface area contributed by atoms with Gasteiger partial charge in [0.2, 0.25) is 0 Å². The van der Waals surface area contributed by atoms with E-state index in [9.17, 15) is 0 Å². The molecule has 0 saturated carbocycles. The summed E-state index contributed by atoms with van der Waals surface area (Å²) >= 11 is 1.71. The van der Waals surface area contributed by atoms with Gasteiger partial charge in [-0.15, -0.1) is 11.3 Å². The molecule has 12 heavy (non-hydrogen) atoms. The van der Waals surface area contributed by atoms with Crippen LogP contribution in [0, 0.1) is 0 Å². The molecule has 0 unspecified atom stereocenters. The van der Waals surface area contributed by atoms with Crippen LogP contribution < -0.4 is 0 Å². The highest BCUT2D eigenvalue weighted by atomic mass is 32.1. The number of thiophene rings is 1. The Bertz CT molecular complexity index is 389. The molecule has 0 atom stereocenters. The zero-order valence-electron chi connectivity index (χ0n) is 7.24. The van der Waals surface area contributed by atoms with Crippen LogP contribution in [0.4, 0.5) is 0 Å². The molecule has 0 amide bonds. The molecule has 2 aromatic heterocycles. The van der Waals surface area contributed by atoms with E-state index in [4.69, 9.17) is 0 Å². The Morgan fingerprint density at radius 2 is 2.17 bits per heavy atom. The van der Waals surface area contributed by atoms with Gasteiger partial charge in [-0.25, -0.2) is 0 Å². The Hall–Kier alpha value is -0.890. The monoisotopic (exact) mass is 177 g/mol. The molecule has 0 aliphatic rings. The van der Waals surface area contributed by atoms with E-state index in [0.29, 0.717) is 5.92 Å². The van der Waals surface area contributed by atoms with Crippen LogP contribution in [0.25, 0.3) is 10.9 Å². The summed E-state index contributed by atoms with van der Waals surface area (Å²) in [6, 6.07) is 2.23. The molecule has 0 N–H and O–H groups in total. The van der Waals surface area contributed by atoms with Crippen LogP contribution in [0.1, 0.15) is 25.3 Å². The fourth-order valence-corrected chi connectivity index (χ4v) is 1.92. The van der Waals surface area contributed by atoms with E-state index in [1.54, 1.807) is 11.3 Å². The lowest BCUT2D eigenvalue weighted by Gasteiger charge is -2.03. The van der Waals surface area contributed by atoms with Crippen molar-refractivity contribution in [1.82, 2.24) is 4.98 Å². The zero-order chi connectivity index (χ0) is 8.55. The van der Waals surface area contributed by atoms with E-state index in [-0.39, 0.29) is 0 Å². The van der Waals surface area contributed by atoms with Gasteiger partial charge in [0, 0.05) is 22.3 Å². The molecule has 0 bridgehead atoms. The summed E-state index contributed by atoms with van der Waals surface area (Å²) in [7, 11) is 0. The van der Waals surface area contributed by atoms with Crippen LogP contribution >= 0.6 is 11.3 Å². The minimum absolute atomic E-state index is 0.571. The number of rotatable bonds is 1. The first kappa shape index (κ1) is 7.74. The molecule has 62 valence electrons. The number of hydrogen-bond acceptors (Lipinski definition) is 2. The SMILES string of the molecule is CC(C)c1cnc2cscc2c1. The molecule has 0 aromatic carbocycles. The summed E-state index contributed by atoms with van der Waals surface area (Å²) in [6.07, 6.45) is 1.97. The first-order valence-electron chi connectivity index (χ1n) is 4.09. The van der Waals surface area contributed by atoms with E-state index < -0.39 is 0 Å². The molecule has 0 aliphatic heterocycles. The Kier molecular flexibility index (Phi) is 1.85. The third-order valence-electron chi connectivity index (χ3n) is 2.01. The van der Waals surface area contributed by atoms with E-state index in [1.807, 2.05) is 6.20 Å². The van der Waals surface area contributed by atoms with Crippen molar-refractivity contribution in [3.8, 4) is 0 Å². The first-order valence-corrected chi connectivity index (χ1v) is 5.03. The van der Waals surface area contributed by atoms with Gasteiger partial charge in [0.25, 0.3) is 0 Å². The number of nitrogens with zero attached hydrogens (tertiary/aromatic N) is 1. The summed E-state index contributed by atoms with van der Waals surface area (Å²) in [5, 5.41) is 5.50. The lowest BCUT2D eigenvalue weighted by molar-refractivity contribution is 0.862. The molecule has 2 aromatic rings. The average Bonchev–Trinajstić information content (AvgIpc) is 2.49. The maximum Gasteiger partial charge on any atom is 0.0809 e. The van der Waals surface area contributed by atoms with Gasteiger partial charge in [-0.2, -0.15) is 0 Å². The largest absolute Gasteiger partial charge is 0.255 e. The van der Waals surface area contributed by atoms with E-state index >= 15 is 0 Å². The molecule has 1 nitrogen and oxygen atoms in total. The molecular weight excluding hydrogens is 166 g/mol. The lowest BCUT2D eigenvalue weighted by Crippen LogP contribution is -1.87. The third kappa shape index (κ3) is 1.23. The van der Waals surface area contributed by atoms with Crippen molar-refractivity contribution < 1.29 is 0 Å². The van der Waals surface area contributed by atoms with Gasteiger partial charge < -0.3 is 0 Å². The minimum atomic E-state index is 0.571. The van der Waals surface area contributed by atoms with Gasteiger partial charge in [-0.05, 0) is 17.5 Å². The molecule has 2 heteroatoms. The second-order valence-electron chi connectivity index (χ2n) is 3.27. The smallest absolute Gasteiger partial charge is 0.0809 e. The van der Waals surface area contributed by atoms with Gasteiger partial charge in [0.05, 0.1) is 5.52 Å². The third-order valence-corrected chi connectivity index (χ3v) is 2.76. The second-order valence-corrected chi connectivity index (χ2v) is 4.01. The highest BCUT2D eigenvalue weighted by Gasteiger charge is 2.01. The minimum Gasteiger partial charge on any atom is -0.255 e. The van der Waals surface area contributed by atoms with Gasteiger partial charge in [-0.1, -0.05) is 13.8 Å². The Labute approximate surface area is 76.1 Å². The number of hydrogen-bond donors (Lipinski definition) is 0. The van der Waals surface area contributed by atoms with E-state index in [1.165, 1.54) is 10.9 Å².